The third kappa shape index (κ3) is 3.10. The maximum atomic E-state index is 12.0. The minimum atomic E-state index is -1.11. The molecule has 1 heterocycles. The lowest BCUT2D eigenvalue weighted by Crippen LogP contribution is -2.16. The van der Waals surface area contributed by atoms with Crippen LogP contribution >= 0.6 is 0 Å². The lowest BCUT2D eigenvalue weighted by molar-refractivity contribution is -0.133. The number of amides is 1. The van der Waals surface area contributed by atoms with E-state index >= 15 is 0 Å². The SMILES string of the molecule is CCc1nc2cc(NC(=O)C(C)=C(C)C(=O)O)ccc2o1. The molecule has 21 heavy (non-hydrogen) atoms. The Morgan fingerprint density at radius 3 is 2.62 bits per heavy atom. The van der Waals surface area contributed by atoms with Gasteiger partial charge >= 0.3 is 5.97 Å². The third-order valence-electron chi connectivity index (χ3n) is 3.22. The lowest BCUT2D eigenvalue weighted by atomic mass is 10.1. The van der Waals surface area contributed by atoms with Crippen molar-refractivity contribution in [3.63, 3.8) is 0 Å². The van der Waals surface area contributed by atoms with Crippen LogP contribution in [0.5, 0.6) is 0 Å². The molecule has 6 heteroatoms. The summed E-state index contributed by atoms with van der Waals surface area (Å²) in [7, 11) is 0. The van der Waals surface area contributed by atoms with Crippen LogP contribution in [0.2, 0.25) is 0 Å². The van der Waals surface area contributed by atoms with E-state index < -0.39 is 11.9 Å². The van der Waals surface area contributed by atoms with E-state index in [1.807, 2.05) is 6.92 Å². The minimum absolute atomic E-state index is 0.0169. The molecular formula is C15H16N2O4. The van der Waals surface area contributed by atoms with E-state index in [9.17, 15) is 9.59 Å². The van der Waals surface area contributed by atoms with Gasteiger partial charge in [0.1, 0.15) is 5.52 Å². The second kappa shape index (κ2) is 5.78. The summed E-state index contributed by atoms with van der Waals surface area (Å²) in [5, 5.41) is 11.5. The van der Waals surface area contributed by atoms with Gasteiger partial charge in [-0.25, -0.2) is 9.78 Å². The van der Waals surface area contributed by atoms with Gasteiger partial charge in [-0.15, -0.1) is 0 Å². The maximum Gasteiger partial charge on any atom is 0.331 e. The number of aromatic nitrogens is 1. The number of anilines is 1. The van der Waals surface area contributed by atoms with Crippen molar-refractivity contribution in [2.75, 3.05) is 5.32 Å². The predicted octanol–water partition coefficient (Wildman–Crippen LogP) is 2.75. The molecular weight excluding hydrogens is 272 g/mol. The number of nitrogens with zero attached hydrogens (tertiary/aromatic N) is 1. The number of oxazole rings is 1. The Bertz CT molecular complexity index is 743. The number of aliphatic carboxylic acids is 1. The van der Waals surface area contributed by atoms with Crippen molar-refractivity contribution < 1.29 is 19.1 Å². The molecule has 2 aromatic rings. The topological polar surface area (TPSA) is 92.4 Å². The Balaban J connectivity index is 2.25. The van der Waals surface area contributed by atoms with Gasteiger partial charge in [-0.05, 0) is 32.0 Å². The predicted molar refractivity (Wildman–Crippen MR) is 78.0 cm³/mol. The molecule has 0 aliphatic carbocycles. The van der Waals surface area contributed by atoms with Crippen molar-refractivity contribution >= 4 is 28.7 Å². The highest BCUT2D eigenvalue weighted by atomic mass is 16.4. The molecule has 2 rings (SSSR count). The average Bonchev–Trinajstić information content (AvgIpc) is 2.87. The van der Waals surface area contributed by atoms with Gasteiger partial charge in [0.15, 0.2) is 11.5 Å². The van der Waals surface area contributed by atoms with E-state index in [1.54, 1.807) is 18.2 Å². The van der Waals surface area contributed by atoms with Crippen LogP contribution in [0, 0.1) is 0 Å². The fourth-order valence-corrected chi connectivity index (χ4v) is 1.76. The van der Waals surface area contributed by atoms with E-state index in [4.69, 9.17) is 9.52 Å². The molecule has 2 N–H and O–H groups in total. The molecule has 0 spiro atoms. The molecule has 110 valence electrons. The molecule has 0 saturated heterocycles. The summed E-state index contributed by atoms with van der Waals surface area (Å²) in [5.74, 6) is -0.929. The number of hydrogen-bond acceptors (Lipinski definition) is 4. The molecule has 0 saturated carbocycles. The van der Waals surface area contributed by atoms with Crippen molar-refractivity contribution in [3.05, 3.63) is 35.2 Å². The molecule has 1 aromatic heterocycles. The van der Waals surface area contributed by atoms with E-state index in [0.717, 1.165) is 0 Å². The monoisotopic (exact) mass is 288 g/mol. The zero-order valence-electron chi connectivity index (χ0n) is 12.1. The van der Waals surface area contributed by atoms with Crippen LogP contribution in [-0.4, -0.2) is 22.0 Å². The van der Waals surface area contributed by atoms with E-state index in [-0.39, 0.29) is 11.1 Å². The molecule has 0 aliphatic heterocycles. The average molecular weight is 288 g/mol. The number of fused-ring (bicyclic) bond motifs is 1. The van der Waals surface area contributed by atoms with Gasteiger partial charge in [0.2, 0.25) is 0 Å². The summed E-state index contributed by atoms with van der Waals surface area (Å²) >= 11 is 0. The van der Waals surface area contributed by atoms with Crippen molar-refractivity contribution in [2.45, 2.75) is 27.2 Å². The smallest absolute Gasteiger partial charge is 0.331 e. The molecule has 0 unspecified atom stereocenters. The number of carbonyl (C=O) groups is 2. The molecule has 0 aliphatic rings. The molecule has 0 bridgehead atoms. The largest absolute Gasteiger partial charge is 0.478 e. The molecule has 0 atom stereocenters. The van der Waals surface area contributed by atoms with Crippen molar-refractivity contribution in [3.8, 4) is 0 Å². The summed E-state index contributed by atoms with van der Waals surface area (Å²) in [6.07, 6.45) is 0.691. The number of benzene rings is 1. The molecule has 0 radical (unpaired) electrons. The third-order valence-corrected chi connectivity index (χ3v) is 3.22. The number of aryl methyl sites for hydroxylation is 1. The highest BCUT2D eigenvalue weighted by molar-refractivity contribution is 6.08. The quantitative estimate of drug-likeness (QED) is 0.844. The Morgan fingerprint density at radius 2 is 2.00 bits per heavy atom. The van der Waals surface area contributed by atoms with Crippen LogP contribution in [0.1, 0.15) is 26.7 Å². The van der Waals surface area contributed by atoms with Crippen LogP contribution in [0.4, 0.5) is 5.69 Å². The van der Waals surface area contributed by atoms with Gasteiger partial charge in [0, 0.05) is 23.3 Å². The normalized spacial score (nSPS) is 12.1. The van der Waals surface area contributed by atoms with Gasteiger partial charge < -0.3 is 14.8 Å². The number of carboxylic acids is 1. The number of rotatable bonds is 4. The molecule has 6 nitrogen and oxygen atoms in total. The fourth-order valence-electron chi connectivity index (χ4n) is 1.76. The number of carboxylic acid groups (broad SMARTS) is 1. The molecule has 1 amide bonds. The van der Waals surface area contributed by atoms with Crippen LogP contribution in [0.3, 0.4) is 0 Å². The summed E-state index contributed by atoms with van der Waals surface area (Å²) in [5.41, 5.74) is 2.03. The zero-order valence-corrected chi connectivity index (χ0v) is 12.1. The summed E-state index contributed by atoms with van der Waals surface area (Å²) in [4.78, 5) is 27.1. The van der Waals surface area contributed by atoms with Crippen LogP contribution in [0.15, 0.2) is 33.8 Å². The van der Waals surface area contributed by atoms with Crippen molar-refractivity contribution in [2.24, 2.45) is 0 Å². The highest BCUT2D eigenvalue weighted by Crippen LogP contribution is 2.21. The van der Waals surface area contributed by atoms with Gasteiger partial charge in [-0.1, -0.05) is 6.92 Å². The van der Waals surface area contributed by atoms with Gasteiger partial charge in [0.25, 0.3) is 5.91 Å². The number of hydrogen-bond donors (Lipinski definition) is 2. The summed E-state index contributed by atoms with van der Waals surface area (Å²) < 4.78 is 5.48. The minimum Gasteiger partial charge on any atom is -0.478 e. The summed E-state index contributed by atoms with van der Waals surface area (Å²) in [6.45, 7) is 4.81. The van der Waals surface area contributed by atoms with Crippen molar-refractivity contribution in [1.82, 2.24) is 4.98 Å². The number of carbonyl (C=O) groups excluding carboxylic acids is 1. The Kier molecular flexibility index (Phi) is 4.07. The summed E-state index contributed by atoms with van der Waals surface area (Å²) in [6, 6.07) is 5.10. The fraction of sp³-hybridized carbons (Fsp3) is 0.267. The van der Waals surface area contributed by atoms with E-state index in [1.165, 1.54) is 13.8 Å². The van der Waals surface area contributed by atoms with Gasteiger partial charge in [-0.2, -0.15) is 0 Å². The highest BCUT2D eigenvalue weighted by Gasteiger charge is 2.13. The van der Waals surface area contributed by atoms with Crippen molar-refractivity contribution in [1.29, 1.82) is 0 Å². The standard InChI is InChI=1S/C15H16N2O4/c1-4-13-17-11-7-10(5-6-12(11)21-13)16-14(18)8(2)9(3)15(19)20/h5-7H,4H2,1-3H3,(H,16,18)(H,19,20). The lowest BCUT2D eigenvalue weighted by Gasteiger charge is -2.06. The second-order valence-corrected chi connectivity index (χ2v) is 4.65. The molecule has 1 aromatic carbocycles. The van der Waals surface area contributed by atoms with Gasteiger partial charge in [0.05, 0.1) is 0 Å². The van der Waals surface area contributed by atoms with Crippen LogP contribution < -0.4 is 5.32 Å². The first-order valence-electron chi connectivity index (χ1n) is 6.54. The van der Waals surface area contributed by atoms with E-state index in [2.05, 4.69) is 10.3 Å². The first-order valence-corrected chi connectivity index (χ1v) is 6.54. The van der Waals surface area contributed by atoms with Crippen LogP contribution in [-0.2, 0) is 16.0 Å². The maximum absolute atomic E-state index is 12.0. The molecule has 0 fully saturated rings. The first-order chi connectivity index (χ1) is 9.92. The Morgan fingerprint density at radius 1 is 1.29 bits per heavy atom. The Labute approximate surface area is 121 Å². The van der Waals surface area contributed by atoms with Crippen LogP contribution in [0.25, 0.3) is 11.1 Å². The number of nitrogens with one attached hydrogen (secondary N) is 1. The Hall–Kier alpha value is -2.63. The van der Waals surface area contributed by atoms with Gasteiger partial charge in [-0.3, -0.25) is 4.79 Å². The second-order valence-electron chi connectivity index (χ2n) is 4.65. The first kappa shape index (κ1) is 14.8. The zero-order chi connectivity index (χ0) is 15.6. The van der Waals surface area contributed by atoms with E-state index in [0.29, 0.717) is 29.1 Å².